The van der Waals surface area contributed by atoms with Gasteiger partial charge in [0.1, 0.15) is 17.6 Å². The van der Waals surface area contributed by atoms with E-state index in [9.17, 15) is 5.26 Å². The standard InChI is InChI=1S/C21H20BrN7/c22-16-4-1-5-17(11-16)29-14-19(25-26-29)20-7-6-18-13-27(9-10-28(18)20)21-15(12-23)3-2-8-24-21/h1-5,8,11,14,18,20H,6-7,9-10,13H2/t18-,20+/m0/s1. The SMILES string of the molecule is N#Cc1cccnc1N1CCN2[C@@H](CC[C@@H]2c2cn(-c3cccc(Br)c3)nn2)C1. The van der Waals surface area contributed by atoms with Gasteiger partial charge in [-0.25, -0.2) is 9.67 Å². The Morgan fingerprint density at radius 2 is 2.07 bits per heavy atom. The van der Waals surface area contributed by atoms with Crippen LogP contribution in [-0.2, 0) is 0 Å². The van der Waals surface area contributed by atoms with Crippen LogP contribution in [0.2, 0.25) is 0 Å². The average Bonchev–Trinajstić information content (AvgIpc) is 3.40. The molecule has 0 aliphatic carbocycles. The minimum atomic E-state index is 0.294. The molecule has 8 heteroatoms. The summed E-state index contributed by atoms with van der Waals surface area (Å²) in [6.45, 7) is 2.68. The fraction of sp³-hybridized carbons (Fsp3) is 0.333. The van der Waals surface area contributed by atoms with E-state index in [1.165, 1.54) is 0 Å². The van der Waals surface area contributed by atoms with Crippen LogP contribution in [-0.4, -0.2) is 50.6 Å². The van der Waals surface area contributed by atoms with Gasteiger partial charge in [-0.1, -0.05) is 27.2 Å². The molecule has 0 spiro atoms. The monoisotopic (exact) mass is 449 g/mol. The maximum absolute atomic E-state index is 9.39. The molecule has 7 nitrogen and oxygen atoms in total. The molecule has 29 heavy (non-hydrogen) atoms. The van der Waals surface area contributed by atoms with Crippen molar-refractivity contribution in [2.75, 3.05) is 24.5 Å². The summed E-state index contributed by atoms with van der Waals surface area (Å²) in [4.78, 5) is 9.26. The molecule has 2 aliphatic rings. The Hall–Kier alpha value is -2.76. The number of aromatic nitrogens is 4. The summed E-state index contributed by atoms with van der Waals surface area (Å²) in [5.74, 6) is 0.804. The van der Waals surface area contributed by atoms with Gasteiger partial charge in [0.25, 0.3) is 0 Å². The first-order valence-corrected chi connectivity index (χ1v) is 10.6. The Bertz CT molecular complexity index is 1070. The van der Waals surface area contributed by atoms with Crippen LogP contribution in [0.1, 0.15) is 30.1 Å². The lowest BCUT2D eigenvalue weighted by atomic mass is 10.1. The molecule has 2 saturated heterocycles. The van der Waals surface area contributed by atoms with Gasteiger partial charge in [0.2, 0.25) is 0 Å². The normalized spacial score (nSPS) is 21.7. The highest BCUT2D eigenvalue weighted by Gasteiger charge is 2.39. The summed E-state index contributed by atoms with van der Waals surface area (Å²) in [5, 5.41) is 18.2. The Kier molecular flexibility index (Phi) is 4.78. The molecular weight excluding hydrogens is 430 g/mol. The Labute approximate surface area is 177 Å². The summed E-state index contributed by atoms with van der Waals surface area (Å²) >= 11 is 3.51. The number of hydrogen-bond acceptors (Lipinski definition) is 6. The topological polar surface area (TPSA) is 73.9 Å². The van der Waals surface area contributed by atoms with Crippen LogP contribution in [0.15, 0.2) is 53.3 Å². The van der Waals surface area contributed by atoms with Gasteiger partial charge in [-0.3, -0.25) is 4.90 Å². The van der Waals surface area contributed by atoms with Crippen molar-refractivity contribution in [3.63, 3.8) is 0 Å². The smallest absolute Gasteiger partial charge is 0.146 e. The van der Waals surface area contributed by atoms with E-state index in [0.29, 0.717) is 17.6 Å². The minimum Gasteiger partial charge on any atom is -0.353 e. The van der Waals surface area contributed by atoms with Crippen molar-refractivity contribution in [3.05, 3.63) is 64.5 Å². The van der Waals surface area contributed by atoms with E-state index in [0.717, 1.165) is 54.1 Å². The Morgan fingerprint density at radius 1 is 1.14 bits per heavy atom. The third-order valence-electron chi connectivity index (χ3n) is 5.83. The van der Waals surface area contributed by atoms with Crippen molar-refractivity contribution in [1.82, 2.24) is 24.9 Å². The van der Waals surface area contributed by atoms with Crippen LogP contribution < -0.4 is 4.90 Å². The van der Waals surface area contributed by atoms with E-state index in [4.69, 9.17) is 0 Å². The molecule has 4 heterocycles. The average molecular weight is 450 g/mol. The molecular formula is C21H20BrN7. The summed E-state index contributed by atoms with van der Waals surface area (Å²) in [6, 6.07) is 14.7. The first-order chi connectivity index (χ1) is 14.2. The number of anilines is 1. The molecule has 3 aromatic rings. The van der Waals surface area contributed by atoms with E-state index in [-0.39, 0.29) is 0 Å². The molecule has 2 fully saturated rings. The molecule has 0 saturated carbocycles. The fourth-order valence-corrected chi connectivity index (χ4v) is 4.86. The van der Waals surface area contributed by atoms with Gasteiger partial charge in [0.05, 0.1) is 23.5 Å². The van der Waals surface area contributed by atoms with E-state index < -0.39 is 0 Å². The molecule has 0 amide bonds. The third kappa shape index (κ3) is 3.41. The first-order valence-electron chi connectivity index (χ1n) is 9.77. The lowest BCUT2D eigenvalue weighted by Crippen LogP contribution is -2.51. The zero-order valence-electron chi connectivity index (χ0n) is 15.8. The van der Waals surface area contributed by atoms with Crippen molar-refractivity contribution >= 4 is 21.7 Å². The first kappa shape index (κ1) is 18.3. The van der Waals surface area contributed by atoms with Crippen molar-refractivity contribution in [1.29, 1.82) is 5.26 Å². The van der Waals surface area contributed by atoms with Crippen LogP contribution in [0.3, 0.4) is 0 Å². The Morgan fingerprint density at radius 3 is 2.93 bits per heavy atom. The van der Waals surface area contributed by atoms with Crippen LogP contribution in [0.4, 0.5) is 5.82 Å². The zero-order valence-corrected chi connectivity index (χ0v) is 17.4. The van der Waals surface area contributed by atoms with Gasteiger partial charge in [-0.05, 0) is 43.2 Å². The van der Waals surface area contributed by atoms with Crippen LogP contribution >= 0.6 is 15.9 Å². The van der Waals surface area contributed by atoms with Gasteiger partial charge in [0, 0.05) is 36.3 Å². The largest absolute Gasteiger partial charge is 0.353 e. The molecule has 2 aliphatic heterocycles. The number of nitriles is 1. The van der Waals surface area contributed by atoms with E-state index in [1.807, 2.05) is 47.3 Å². The molecule has 5 rings (SSSR count). The molecule has 2 atom stereocenters. The fourth-order valence-electron chi connectivity index (χ4n) is 4.47. The maximum atomic E-state index is 9.39. The van der Waals surface area contributed by atoms with E-state index >= 15 is 0 Å². The molecule has 146 valence electrons. The van der Waals surface area contributed by atoms with Gasteiger partial charge in [0.15, 0.2) is 0 Å². The number of benzene rings is 1. The van der Waals surface area contributed by atoms with Gasteiger partial charge < -0.3 is 4.90 Å². The van der Waals surface area contributed by atoms with Crippen molar-refractivity contribution < 1.29 is 0 Å². The number of hydrogen-bond donors (Lipinski definition) is 0. The third-order valence-corrected chi connectivity index (χ3v) is 6.33. The lowest BCUT2D eigenvalue weighted by molar-refractivity contribution is 0.173. The van der Waals surface area contributed by atoms with Crippen molar-refractivity contribution in [3.8, 4) is 11.8 Å². The summed E-state index contributed by atoms with van der Waals surface area (Å²) in [7, 11) is 0. The predicted molar refractivity (Wildman–Crippen MR) is 113 cm³/mol. The number of halogens is 1. The van der Waals surface area contributed by atoms with Crippen LogP contribution in [0.25, 0.3) is 5.69 Å². The second-order valence-electron chi connectivity index (χ2n) is 7.49. The van der Waals surface area contributed by atoms with Crippen LogP contribution in [0.5, 0.6) is 0 Å². The van der Waals surface area contributed by atoms with Gasteiger partial charge >= 0.3 is 0 Å². The second-order valence-corrected chi connectivity index (χ2v) is 8.40. The highest BCUT2D eigenvalue weighted by molar-refractivity contribution is 9.10. The molecule has 0 unspecified atom stereocenters. The lowest BCUT2D eigenvalue weighted by Gasteiger charge is -2.40. The highest BCUT2D eigenvalue weighted by atomic mass is 79.9. The van der Waals surface area contributed by atoms with Crippen LogP contribution in [0, 0.1) is 11.3 Å². The zero-order chi connectivity index (χ0) is 19.8. The van der Waals surface area contributed by atoms with Gasteiger partial charge in [-0.15, -0.1) is 5.10 Å². The highest BCUT2D eigenvalue weighted by Crippen LogP contribution is 2.38. The number of piperazine rings is 1. The molecule has 1 aromatic carbocycles. The molecule has 0 radical (unpaired) electrons. The minimum absolute atomic E-state index is 0.294. The maximum Gasteiger partial charge on any atom is 0.146 e. The number of nitrogens with zero attached hydrogens (tertiary/aromatic N) is 7. The molecule has 0 N–H and O–H groups in total. The van der Waals surface area contributed by atoms with E-state index in [1.54, 1.807) is 6.20 Å². The van der Waals surface area contributed by atoms with Crippen molar-refractivity contribution in [2.45, 2.75) is 24.9 Å². The van der Waals surface area contributed by atoms with E-state index in [2.05, 4.69) is 47.1 Å². The summed E-state index contributed by atoms with van der Waals surface area (Å²) in [5.41, 5.74) is 2.67. The summed E-state index contributed by atoms with van der Waals surface area (Å²) < 4.78 is 2.87. The second kappa shape index (κ2) is 7.58. The summed E-state index contributed by atoms with van der Waals surface area (Å²) in [6.07, 6.45) is 6.00. The molecule has 2 aromatic heterocycles. The predicted octanol–water partition coefficient (Wildman–Crippen LogP) is 3.32. The Balaban J connectivity index is 1.33. The van der Waals surface area contributed by atoms with Gasteiger partial charge in [-0.2, -0.15) is 5.26 Å². The molecule has 0 bridgehead atoms. The van der Waals surface area contributed by atoms with Crippen molar-refractivity contribution in [2.24, 2.45) is 0 Å². The number of pyridine rings is 1. The number of rotatable bonds is 3. The number of fused-ring (bicyclic) bond motifs is 1. The quantitative estimate of drug-likeness (QED) is 0.610.